The molecule has 0 spiro atoms. The van der Waals surface area contributed by atoms with Crippen LogP contribution in [0.1, 0.15) is 17.4 Å². The fourth-order valence-electron chi connectivity index (χ4n) is 0.729. The Morgan fingerprint density at radius 1 is 1.50 bits per heavy atom. The van der Waals surface area contributed by atoms with E-state index in [-0.39, 0.29) is 22.7 Å². The van der Waals surface area contributed by atoms with Crippen LogP contribution in [-0.2, 0) is 4.74 Å². The second kappa shape index (κ2) is 5.09. The molecule has 7 heteroatoms. The zero-order valence-electron chi connectivity index (χ0n) is 7.05. The SMILES string of the molecule is CCOC(=O)c1nc(Cl)nc(Cl)c1I. The zero-order valence-corrected chi connectivity index (χ0v) is 10.7. The quantitative estimate of drug-likeness (QED) is 0.357. The Hall–Kier alpha value is -0.140. The van der Waals surface area contributed by atoms with E-state index in [0.717, 1.165) is 0 Å². The Morgan fingerprint density at radius 2 is 2.14 bits per heavy atom. The summed E-state index contributed by atoms with van der Waals surface area (Å²) < 4.78 is 5.20. The monoisotopic (exact) mass is 346 g/mol. The molecule has 0 aliphatic heterocycles. The molecular formula is C7H5Cl2IN2O2. The lowest BCUT2D eigenvalue weighted by Gasteiger charge is -2.04. The van der Waals surface area contributed by atoms with Crippen molar-refractivity contribution in [1.29, 1.82) is 0 Å². The van der Waals surface area contributed by atoms with Gasteiger partial charge in [0.1, 0.15) is 5.15 Å². The van der Waals surface area contributed by atoms with E-state index in [9.17, 15) is 4.79 Å². The number of hydrogen-bond donors (Lipinski definition) is 0. The van der Waals surface area contributed by atoms with Crippen molar-refractivity contribution in [2.24, 2.45) is 0 Å². The summed E-state index contributed by atoms with van der Waals surface area (Å²) in [6.45, 7) is 1.98. The van der Waals surface area contributed by atoms with Gasteiger partial charge in [-0.05, 0) is 41.1 Å². The van der Waals surface area contributed by atoms with Gasteiger partial charge in [0.15, 0.2) is 5.69 Å². The zero-order chi connectivity index (χ0) is 10.7. The van der Waals surface area contributed by atoms with Crippen LogP contribution in [0.3, 0.4) is 0 Å². The van der Waals surface area contributed by atoms with Crippen LogP contribution in [0.4, 0.5) is 0 Å². The predicted molar refractivity (Wildman–Crippen MR) is 60.7 cm³/mol. The molecule has 0 radical (unpaired) electrons. The predicted octanol–water partition coefficient (Wildman–Crippen LogP) is 2.56. The summed E-state index contributed by atoms with van der Waals surface area (Å²) >= 11 is 13.1. The lowest BCUT2D eigenvalue weighted by atomic mass is 10.4. The average Bonchev–Trinajstić information content (AvgIpc) is 2.11. The van der Waals surface area contributed by atoms with E-state index in [1.807, 2.05) is 22.6 Å². The molecule has 0 aromatic carbocycles. The second-order valence-corrected chi connectivity index (χ2v) is 3.94. The number of aromatic nitrogens is 2. The van der Waals surface area contributed by atoms with Crippen LogP contribution < -0.4 is 0 Å². The second-order valence-electron chi connectivity index (χ2n) is 2.17. The van der Waals surface area contributed by atoms with E-state index >= 15 is 0 Å². The number of carbonyl (C=O) groups excluding carboxylic acids is 1. The third kappa shape index (κ3) is 2.68. The van der Waals surface area contributed by atoms with Gasteiger partial charge in [0.25, 0.3) is 0 Å². The first-order valence-electron chi connectivity index (χ1n) is 3.62. The van der Waals surface area contributed by atoms with Gasteiger partial charge in [-0.15, -0.1) is 0 Å². The van der Waals surface area contributed by atoms with Crippen LogP contribution in [0, 0.1) is 3.57 Å². The maximum atomic E-state index is 11.3. The highest BCUT2D eigenvalue weighted by Crippen LogP contribution is 2.21. The molecule has 1 rings (SSSR count). The summed E-state index contributed by atoms with van der Waals surface area (Å²) in [5.74, 6) is -0.553. The summed E-state index contributed by atoms with van der Waals surface area (Å²) in [6, 6.07) is 0. The minimum atomic E-state index is -0.553. The lowest BCUT2D eigenvalue weighted by Crippen LogP contribution is -2.10. The normalized spacial score (nSPS) is 10.0. The minimum absolute atomic E-state index is 0.0709. The Kier molecular flexibility index (Phi) is 4.33. The number of nitrogens with zero attached hydrogens (tertiary/aromatic N) is 2. The van der Waals surface area contributed by atoms with E-state index in [0.29, 0.717) is 3.57 Å². The number of hydrogen-bond acceptors (Lipinski definition) is 4. The fourth-order valence-corrected chi connectivity index (χ4v) is 1.57. The summed E-state index contributed by atoms with van der Waals surface area (Å²) in [4.78, 5) is 18.8. The van der Waals surface area contributed by atoms with Crippen molar-refractivity contribution in [2.75, 3.05) is 6.61 Å². The maximum absolute atomic E-state index is 11.3. The highest BCUT2D eigenvalue weighted by atomic mass is 127. The number of esters is 1. The standard InChI is InChI=1S/C7H5Cl2IN2O2/c1-2-14-6(13)4-3(10)5(8)12-7(9)11-4/h2H2,1H3. The molecule has 0 saturated heterocycles. The molecule has 0 saturated carbocycles. The Morgan fingerprint density at radius 3 is 2.71 bits per heavy atom. The third-order valence-electron chi connectivity index (χ3n) is 1.25. The number of halogens is 3. The highest BCUT2D eigenvalue weighted by molar-refractivity contribution is 14.1. The van der Waals surface area contributed by atoms with Gasteiger partial charge >= 0.3 is 5.97 Å². The highest BCUT2D eigenvalue weighted by Gasteiger charge is 2.17. The summed E-state index contributed by atoms with van der Waals surface area (Å²) in [5.41, 5.74) is 0.0949. The molecule has 0 bridgehead atoms. The first-order chi connectivity index (χ1) is 6.56. The first kappa shape index (κ1) is 11.9. The number of ether oxygens (including phenoxy) is 1. The van der Waals surface area contributed by atoms with Crippen molar-refractivity contribution in [1.82, 2.24) is 9.97 Å². The van der Waals surface area contributed by atoms with Crippen LogP contribution in [0.5, 0.6) is 0 Å². The molecule has 1 aromatic rings. The van der Waals surface area contributed by atoms with Gasteiger partial charge in [-0.1, -0.05) is 11.6 Å². The first-order valence-corrected chi connectivity index (χ1v) is 5.45. The Labute approximate surface area is 104 Å². The number of carbonyl (C=O) groups is 1. The smallest absolute Gasteiger partial charge is 0.358 e. The molecule has 76 valence electrons. The van der Waals surface area contributed by atoms with Crippen LogP contribution >= 0.6 is 45.8 Å². The van der Waals surface area contributed by atoms with E-state index in [2.05, 4.69) is 9.97 Å². The van der Waals surface area contributed by atoms with Crippen molar-refractivity contribution >= 4 is 51.8 Å². The van der Waals surface area contributed by atoms with Crippen molar-refractivity contribution in [2.45, 2.75) is 6.92 Å². The fraction of sp³-hybridized carbons (Fsp3) is 0.286. The summed E-state index contributed by atoms with van der Waals surface area (Å²) in [5, 5.41) is 0.0760. The van der Waals surface area contributed by atoms with Gasteiger partial charge in [0.05, 0.1) is 10.2 Å². The van der Waals surface area contributed by atoms with Gasteiger partial charge in [-0.25, -0.2) is 14.8 Å². The molecule has 4 nitrogen and oxygen atoms in total. The van der Waals surface area contributed by atoms with Crippen LogP contribution in [0.25, 0.3) is 0 Å². The molecule has 0 unspecified atom stereocenters. The van der Waals surface area contributed by atoms with Crippen molar-refractivity contribution < 1.29 is 9.53 Å². The van der Waals surface area contributed by atoms with E-state index in [1.165, 1.54) is 0 Å². The topological polar surface area (TPSA) is 52.1 Å². The van der Waals surface area contributed by atoms with E-state index < -0.39 is 5.97 Å². The van der Waals surface area contributed by atoms with Crippen LogP contribution in [0.2, 0.25) is 10.4 Å². The van der Waals surface area contributed by atoms with Crippen molar-refractivity contribution in [3.05, 3.63) is 19.7 Å². The molecule has 0 fully saturated rings. The number of rotatable bonds is 2. The van der Waals surface area contributed by atoms with Gasteiger partial charge in [-0.2, -0.15) is 0 Å². The average molecular weight is 347 g/mol. The molecule has 0 aliphatic carbocycles. The van der Waals surface area contributed by atoms with Crippen molar-refractivity contribution in [3.8, 4) is 0 Å². The van der Waals surface area contributed by atoms with Crippen molar-refractivity contribution in [3.63, 3.8) is 0 Å². The maximum Gasteiger partial charge on any atom is 0.358 e. The molecule has 0 N–H and O–H groups in total. The van der Waals surface area contributed by atoms with Crippen LogP contribution in [0.15, 0.2) is 0 Å². The Bertz CT molecular complexity index is 373. The van der Waals surface area contributed by atoms with Crippen LogP contribution in [-0.4, -0.2) is 22.5 Å². The summed E-state index contributed by atoms with van der Waals surface area (Å²) in [6.07, 6.45) is 0. The molecule has 1 aromatic heterocycles. The molecule has 0 amide bonds. The molecule has 0 atom stereocenters. The minimum Gasteiger partial charge on any atom is -0.461 e. The van der Waals surface area contributed by atoms with Gasteiger partial charge in [-0.3, -0.25) is 0 Å². The molecule has 0 aliphatic rings. The Balaban J connectivity index is 3.13. The van der Waals surface area contributed by atoms with Gasteiger partial charge in [0, 0.05) is 0 Å². The lowest BCUT2D eigenvalue weighted by molar-refractivity contribution is 0.0518. The van der Waals surface area contributed by atoms with Gasteiger partial charge < -0.3 is 4.74 Å². The van der Waals surface area contributed by atoms with Gasteiger partial charge in [0.2, 0.25) is 5.28 Å². The largest absolute Gasteiger partial charge is 0.461 e. The molecular weight excluding hydrogens is 342 g/mol. The van der Waals surface area contributed by atoms with E-state index in [1.54, 1.807) is 6.92 Å². The molecule has 1 heterocycles. The summed E-state index contributed by atoms with van der Waals surface area (Å²) in [7, 11) is 0. The molecule has 14 heavy (non-hydrogen) atoms. The van der Waals surface area contributed by atoms with E-state index in [4.69, 9.17) is 27.9 Å². The third-order valence-corrected chi connectivity index (χ3v) is 3.04.